The third-order valence-electron chi connectivity index (χ3n) is 3.39. The molecule has 3 nitrogen and oxygen atoms in total. The number of rotatable bonds is 2. The molecule has 0 amide bonds. The van der Waals surface area contributed by atoms with Gasteiger partial charge in [0.15, 0.2) is 0 Å². The summed E-state index contributed by atoms with van der Waals surface area (Å²) >= 11 is 6.29. The Labute approximate surface area is 138 Å². The van der Waals surface area contributed by atoms with Crippen LogP contribution in [0.15, 0.2) is 52.4 Å². The molecule has 114 valence electrons. The maximum Gasteiger partial charge on any atom is 0.124 e. The molecule has 23 heavy (non-hydrogen) atoms. The van der Waals surface area contributed by atoms with Crippen LogP contribution in [0, 0.1) is 18.2 Å². The molecule has 0 atom stereocenters. The van der Waals surface area contributed by atoms with Crippen molar-refractivity contribution in [1.82, 2.24) is 0 Å². The van der Waals surface area contributed by atoms with E-state index < -0.39 is 0 Å². The van der Waals surface area contributed by atoms with Gasteiger partial charge >= 0.3 is 0 Å². The van der Waals surface area contributed by atoms with Gasteiger partial charge in [-0.15, -0.1) is 6.42 Å². The third kappa shape index (κ3) is 3.25. The van der Waals surface area contributed by atoms with Crippen LogP contribution in [-0.2, 0) is 0 Å². The largest absolute Gasteiger partial charge is 0.342 e. The Bertz CT molecular complexity index is 850. The minimum atomic E-state index is -0.339. The lowest BCUT2D eigenvalue weighted by Crippen LogP contribution is -2.15. The molecule has 0 saturated carbocycles. The van der Waals surface area contributed by atoms with Crippen molar-refractivity contribution in [3.05, 3.63) is 64.4 Å². The summed E-state index contributed by atoms with van der Waals surface area (Å²) in [6, 6.07) is 11.8. The minimum Gasteiger partial charge on any atom is -0.342 e. The average Bonchev–Trinajstić information content (AvgIpc) is 2.72. The second-order valence-corrected chi connectivity index (χ2v) is 5.33. The maximum atomic E-state index is 13.7. The van der Waals surface area contributed by atoms with E-state index in [4.69, 9.17) is 18.0 Å². The number of hydrogen-bond donors (Lipinski definition) is 1. The number of benzodiazepines with no additional fused rings is 1. The first-order chi connectivity index (χ1) is 11.2. The van der Waals surface area contributed by atoms with E-state index >= 15 is 0 Å². The first-order valence-electron chi connectivity index (χ1n) is 7.02. The van der Waals surface area contributed by atoms with Crippen LogP contribution in [-0.4, -0.2) is 24.6 Å². The number of aliphatic imine (C=N–C) groups is 2. The molecule has 2 aromatic carbocycles. The van der Waals surface area contributed by atoms with E-state index in [1.807, 2.05) is 18.2 Å². The first-order valence-corrected chi connectivity index (χ1v) is 7.40. The fourth-order valence-electron chi connectivity index (χ4n) is 2.37. The molecule has 0 aromatic heterocycles. The molecule has 0 unspecified atom stereocenters. The molecule has 1 heterocycles. The Kier molecular flexibility index (Phi) is 4.40. The molecule has 0 saturated heterocycles. The van der Waals surface area contributed by atoms with Gasteiger partial charge in [0.2, 0.25) is 0 Å². The number of benzene rings is 2. The molecule has 0 spiro atoms. The van der Waals surface area contributed by atoms with Crippen LogP contribution >= 0.6 is 11.6 Å². The Balaban J connectivity index is 2.16. The van der Waals surface area contributed by atoms with E-state index in [0.29, 0.717) is 28.7 Å². The molecule has 2 aromatic rings. The summed E-state index contributed by atoms with van der Waals surface area (Å²) in [4.78, 5) is 8.84. The predicted molar refractivity (Wildman–Crippen MR) is 93.1 cm³/mol. The molecule has 0 fully saturated rings. The molecule has 0 aliphatic carbocycles. The standard InChI is InChI=1S/C18H13ClFN3/c1-2-9-21-17-11-22-18(13-5-3-4-6-15(13)19)14-10-12(20)7-8-16(14)23-17/h1,3-8,10H,9,11H2,(H,21,23). The smallest absolute Gasteiger partial charge is 0.124 e. The van der Waals surface area contributed by atoms with Crippen molar-refractivity contribution in [1.29, 1.82) is 0 Å². The van der Waals surface area contributed by atoms with E-state index in [2.05, 4.69) is 21.2 Å². The lowest BCUT2D eigenvalue weighted by Gasteiger charge is -2.11. The van der Waals surface area contributed by atoms with E-state index in [-0.39, 0.29) is 12.4 Å². The molecule has 1 aliphatic heterocycles. The van der Waals surface area contributed by atoms with Crippen LogP contribution in [0.3, 0.4) is 0 Å². The van der Waals surface area contributed by atoms with Crippen LogP contribution < -0.4 is 5.32 Å². The fourth-order valence-corrected chi connectivity index (χ4v) is 2.59. The summed E-state index contributed by atoms with van der Waals surface area (Å²) < 4.78 is 13.7. The van der Waals surface area contributed by atoms with Gasteiger partial charge in [0.05, 0.1) is 12.3 Å². The molecule has 1 aliphatic rings. The molecule has 3 rings (SSSR count). The zero-order valence-corrected chi connectivity index (χ0v) is 12.9. The van der Waals surface area contributed by atoms with Gasteiger partial charge in [-0.3, -0.25) is 9.98 Å². The number of terminal acetylenes is 1. The van der Waals surface area contributed by atoms with E-state index in [0.717, 1.165) is 11.3 Å². The quantitative estimate of drug-likeness (QED) is 0.838. The summed E-state index contributed by atoms with van der Waals surface area (Å²) in [6.07, 6.45) is 5.25. The fraction of sp³-hybridized carbons (Fsp3) is 0.111. The predicted octanol–water partition coefficient (Wildman–Crippen LogP) is 3.77. The number of anilines is 1. The maximum absolute atomic E-state index is 13.7. The Hall–Kier alpha value is -2.64. The van der Waals surface area contributed by atoms with Crippen molar-refractivity contribution in [3.63, 3.8) is 0 Å². The van der Waals surface area contributed by atoms with Crippen LogP contribution in [0.2, 0.25) is 5.02 Å². The van der Waals surface area contributed by atoms with Crippen molar-refractivity contribution < 1.29 is 4.39 Å². The first kappa shape index (κ1) is 15.3. The molecular weight excluding hydrogens is 313 g/mol. The number of nitrogens with one attached hydrogen (secondary N) is 1. The van der Waals surface area contributed by atoms with E-state index in [1.54, 1.807) is 12.1 Å². The van der Waals surface area contributed by atoms with Gasteiger partial charge in [0, 0.05) is 21.8 Å². The number of amidine groups is 1. The van der Waals surface area contributed by atoms with Crippen LogP contribution in [0.25, 0.3) is 0 Å². The van der Waals surface area contributed by atoms with E-state index in [1.165, 1.54) is 12.1 Å². The summed E-state index contributed by atoms with van der Waals surface area (Å²) in [5.41, 5.74) is 2.74. The SMILES string of the molecule is C#CCN=C1CN=C(c2ccccc2Cl)c2cc(F)ccc2N1. The molecule has 0 bridgehead atoms. The Morgan fingerprint density at radius 1 is 1.26 bits per heavy atom. The Morgan fingerprint density at radius 3 is 2.87 bits per heavy atom. The second-order valence-electron chi connectivity index (χ2n) is 4.93. The minimum absolute atomic E-state index is 0.260. The highest BCUT2D eigenvalue weighted by molar-refractivity contribution is 6.36. The van der Waals surface area contributed by atoms with Gasteiger partial charge in [-0.25, -0.2) is 4.39 Å². The lowest BCUT2D eigenvalue weighted by atomic mass is 10.0. The zero-order chi connectivity index (χ0) is 16.2. The molecule has 5 heteroatoms. The van der Waals surface area contributed by atoms with Crippen LogP contribution in [0.5, 0.6) is 0 Å². The number of nitrogens with zero attached hydrogens (tertiary/aromatic N) is 2. The van der Waals surface area contributed by atoms with Crippen LogP contribution in [0.1, 0.15) is 11.1 Å². The number of hydrogen-bond acceptors (Lipinski definition) is 2. The summed E-state index contributed by atoms with van der Waals surface area (Å²) in [5.74, 6) is 2.76. The highest BCUT2D eigenvalue weighted by atomic mass is 35.5. The highest BCUT2D eigenvalue weighted by Gasteiger charge is 2.19. The van der Waals surface area contributed by atoms with Gasteiger partial charge in [0.25, 0.3) is 0 Å². The van der Waals surface area contributed by atoms with Crippen molar-refractivity contribution >= 4 is 28.8 Å². The topological polar surface area (TPSA) is 36.8 Å². The van der Waals surface area contributed by atoms with E-state index in [9.17, 15) is 4.39 Å². The van der Waals surface area contributed by atoms with Crippen LogP contribution in [0.4, 0.5) is 10.1 Å². The lowest BCUT2D eigenvalue weighted by molar-refractivity contribution is 0.628. The number of halogens is 2. The summed E-state index contributed by atoms with van der Waals surface area (Å²) in [5, 5.41) is 3.73. The normalized spacial score (nSPS) is 15.2. The van der Waals surface area contributed by atoms with Gasteiger partial charge in [-0.2, -0.15) is 0 Å². The Morgan fingerprint density at radius 2 is 2.09 bits per heavy atom. The van der Waals surface area contributed by atoms with Crippen molar-refractivity contribution in [2.45, 2.75) is 0 Å². The highest BCUT2D eigenvalue weighted by Crippen LogP contribution is 2.27. The number of fused-ring (bicyclic) bond motifs is 1. The van der Waals surface area contributed by atoms with Crippen molar-refractivity contribution in [3.8, 4) is 12.3 Å². The third-order valence-corrected chi connectivity index (χ3v) is 3.72. The van der Waals surface area contributed by atoms with Crippen molar-refractivity contribution in [2.24, 2.45) is 9.98 Å². The van der Waals surface area contributed by atoms with Gasteiger partial charge < -0.3 is 5.32 Å². The van der Waals surface area contributed by atoms with Gasteiger partial charge in [0.1, 0.15) is 18.2 Å². The molecule has 1 N–H and O–H groups in total. The van der Waals surface area contributed by atoms with Gasteiger partial charge in [-0.1, -0.05) is 35.7 Å². The summed E-state index contributed by atoms with van der Waals surface area (Å²) in [7, 11) is 0. The van der Waals surface area contributed by atoms with Crippen molar-refractivity contribution in [2.75, 3.05) is 18.4 Å². The average molecular weight is 326 g/mol. The molecule has 0 radical (unpaired) electrons. The van der Waals surface area contributed by atoms with Gasteiger partial charge in [-0.05, 0) is 24.3 Å². The monoisotopic (exact) mass is 325 g/mol. The zero-order valence-electron chi connectivity index (χ0n) is 12.2. The second kappa shape index (κ2) is 6.64. The molecular formula is C18H13ClFN3. The summed E-state index contributed by atoms with van der Waals surface area (Å²) in [6.45, 7) is 0.578.